The number of hydrogen-bond donors (Lipinski definition) is 2. The summed E-state index contributed by atoms with van der Waals surface area (Å²) in [4.78, 5) is 24.7. The average molecular weight is 392 g/mol. The highest BCUT2D eigenvalue weighted by molar-refractivity contribution is 6.07. The number of amides is 2. The number of carbonyl (C=O) groups excluding carboxylic acids is 2. The smallest absolute Gasteiger partial charge is 0.255 e. The second-order valence-corrected chi connectivity index (χ2v) is 6.32. The van der Waals surface area contributed by atoms with Gasteiger partial charge in [0.2, 0.25) is 0 Å². The van der Waals surface area contributed by atoms with Crippen LogP contribution < -0.4 is 20.1 Å². The Bertz CT molecular complexity index is 1070. The van der Waals surface area contributed by atoms with Crippen LogP contribution in [0.3, 0.4) is 0 Å². The maximum atomic E-state index is 13.7. The van der Waals surface area contributed by atoms with Gasteiger partial charge < -0.3 is 20.1 Å². The topological polar surface area (TPSA) is 76.7 Å². The first kappa shape index (κ1) is 18.5. The molecule has 1 aliphatic rings. The van der Waals surface area contributed by atoms with Crippen molar-refractivity contribution in [1.29, 1.82) is 0 Å². The van der Waals surface area contributed by atoms with Gasteiger partial charge >= 0.3 is 0 Å². The normalized spacial score (nSPS) is 12.2. The molecule has 1 heterocycles. The Morgan fingerprint density at radius 2 is 1.38 bits per heavy atom. The quantitative estimate of drug-likeness (QED) is 0.701. The standard InChI is InChI=1S/C22H17FN2O4/c23-17-3-1-2-4-18(17)25-22(27)15-7-5-14(6-8-15)21(26)24-16-9-10-19-20(13-16)29-12-11-28-19/h1-10,13H,11-12H2,(H,24,26)(H,25,27). The predicted molar refractivity (Wildman–Crippen MR) is 106 cm³/mol. The third-order valence-electron chi connectivity index (χ3n) is 4.33. The molecule has 6 nitrogen and oxygen atoms in total. The van der Waals surface area contributed by atoms with Gasteiger partial charge in [0.1, 0.15) is 19.0 Å². The van der Waals surface area contributed by atoms with E-state index in [0.717, 1.165) is 0 Å². The Kier molecular flexibility index (Phi) is 5.11. The van der Waals surface area contributed by atoms with Crippen LogP contribution in [0.1, 0.15) is 20.7 Å². The van der Waals surface area contributed by atoms with Crippen molar-refractivity contribution in [3.8, 4) is 11.5 Å². The van der Waals surface area contributed by atoms with E-state index in [2.05, 4.69) is 10.6 Å². The summed E-state index contributed by atoms with van der Waals surface area (Å²) in [5, 5.41) is 5.28. The predicted octanol–water partition coefficient (Wildman–Crippen LogP) is 4.10. The average Bonchev–Trinajstić information content (AvgIpc) is 2.75. The van der Waals surface area contributed by atoms with Gasteiger partial charge in [-0.15, -0.1) is 0 Å². The van der Waals surface area contributed by atoms with E-state index in [1.165, 1.54) is 36.4 Å². The van der Waals surface area contributed by atoms with Gasteiger partial charge in [0.25, 0.3) is 11.8 Å². The molecule has 0 spiro atoms. The Morgan fingerprint density at radius 1 is 0.759 bits per heavy atom. The number of hydrogen-bond acceptors (Lipinski definition) is 4. The highest BCUT2D eigenvalue weighted by atomic mass is 19.1. The largest absolute Gasteiger partial charge is 0.486 e. The van der Waals surface area contributed by atoms with Crippen LogP contribution in [0.4, 0.5) is 15.8 Å². The number of benzene rings is 3. The molecule has 3 aromatic rings. The van der Waals surface area contributed by atoms with E-state index < -0.39 is 11.7 Å². The van der Waals surface area contributed by atoms with E-state index in [-0.39, 0.29) is 11.6 Å². The van der Waals surface area contributed by atoms with Crippen LogP contribution in [-0.2, 0) is 0 Å². The molecule has 29 heavy (non-hydrogen) atoms. The highest BCUT2D eigenvalue weighted by Crippen LogP contribution is 2.32. The van der Waals surface area contributed by atoms with Gasteiger partial charge in [0.05, 0.1) is 5.69 Å². The van der Waals surface area contributed by atoms with Crippen LogP contribution in [-0.4, -0.2) is 25.0 Å². The van der Waals surface area contributed by atoms with Crippen molar-refractivity contribution in [3.05, 3.63) is 83.7 Å². The van der Waals surface area contributed by atoms with Gasteiger partial charge in [-0.25, -0.2) is 4.39 Å². The van der Waals surface area contributed by atoms with Crippen molar-refractivity contribution >= 4 is 23.2 Å². The van der Waals surface area contributed by atoms with Crippen LogP contribution in [0.25, 0.3) is 0 Å². The third kappa shape index (κ3) is 4.19. The Morgan fingerprint density at radius 3 is 2.07 bits per heavy atom. The van der Waals surface area contributed by atoms with E-state index in [1.807, 2.05) is 0 Å². The van der Waals surface area contributed by atoms with Crippen LogP contribution in [0, 0.1) is 5.82 Å². The number of para-hydroxylation sites is 1. The summed E-state index contributed by atoms with van der Waals surface area (Å²) >= 11 is 0. The van der Waals surface area contributed by atoms with Crippen molar-refractivity contribution in [2.24, 2.45) is 0 Å². The van der Waals surface area contributed by atoms with Crippen LogP contribution >= 0.6 is 0 Å². The molecule has 0 saturated carbocycles. The number of halogens is 1. The first-order valence-electron chi connectivity index (χ1n) is 8.97. The molecule has 0 radical (unpaired) electrons. The van der Waals surface area contributed by atoms with Gasteiger partial charge in [0.15, 0.2) is 11.5 Å². The monoisotopic (exact) mass is 392 g/mol. The maximum absolute atomic E-state index is 13.7. The minimum Gasteiger partial charge on any atom is -0.486 e. The lowest BCUT2D eigenvalue weighted by Crippen LogP contribution is -2.17. The minimum absolute atomic E-state index is 0.0953. The molecule has 4 rings (SSSR count). The zero-order valence-electron chi connectivity index (χ0n) is 15.3. The number of carbonyl (C=O) groups is 2. The molecule has 0 aliphatic carbocycles. The molecule has 0 unspecified atom stereocenters. The molecule has 146 valence electrons. The zero-order valence-corrected chi connectivity index (χ0v) is 15.3. The fraction of sp³-hybridized carbons (Fsp3) is 0.0909. The van der Waals surface area contributed by atoms with E-state index in [4.69, 9.17) is 9.47 Å². The molecule has 0 fully saturated rings. The molecule has 2 N–H and O–H groups in total. The summed E-state index contributed by atoms with van der Waals surface area (Å²) in [6, 6.07) is 17.1. The number of rotatable bonds is 4. The number of nitrogens with one attached hydrogen (secondary N) is 2. The first-order chi connectivity index (χ1) is 14.1. The van der Waals surface area contributed by atoms with Gasteiger partial charge in [-0.3, -0.25) is 9.59 Å². The molecule has 1 aliphatic heterocycles. The summed E-state index contributed by atoms with van der Waals surface area (Å²) < 4.78 is 24.6. The fourth-order valence-electron chi connectivity index (χ4n) is 2.85. The van der Waals surface area contributed by atoms with Gasteiger partial charge in [0, 0.05) is 22.9 Å². The molecular weight excluding hydrogens is 375 g/mol. The van der Waals surface area contributed by atoms with Crippen molar-refractivity contribution in [1.82, 2.24) is 0 Å². The molecule has 3 aromatic carbocycles. The van der Waals surface area contributed by atoms with Crippen LogP contribution in [0.5, 0.6) is 11.5 Å². The lowest BCUT2D eigenvalue weighted by molar-refractivity contribution is 0.101. The third-order valence-corrected chi connectivity index (χ3v) is 4.33. The second-order valence-electron chi connectivity index (χ2n) is 6.32. The lowest BCUT2D eigenvalue weighted by atomic mass is 10.1. The Balaban J connectivity index is 1.42. The van der Waals surface area contributed by atoms with E-state index in [1.54, 1.807) is 30.3 Å². The Labute approximate surface area is 166 Å². The van der Waals surface area contributed by atoms with Crippen LogP contribution in [0.15, 0.2) is 66.7 Å². The summed E-state index contributed by atoms with van der Waals surface area (Å²) in [5.74, 6) is -0.0957. The molecule has 2 amide bonds. The summed E-state index contributed by atoms with van der Waals surface area (Å²) in [6.07, 6.45) is 0. The first-order valence-corrected chi connectivity index (χ1v) is 8.97. The molecule has 7 heteroatoms. The van der Waals surface area contributed by atoms with Crippen molar-refractivity contribution < 1.29 is 23.5 Å². The molecule has 0 bridgehead atoms. The minimum atomic E-state index is -0.517. The molecular formula is C22H17FN2O4. The van der Waals surface area contributed by atoms with E-state index >= 15 is 0 Å². The summed E-state index contributed by atoms with van der Waals surface area (Å²) in [6.45, 7) is 0.955. The summed E-state index contributed by atoms with van der Waals surface area (Å²) in [5.41, 5.74) is 1.35. The van der Waals surface area contributed by atoms with Gasteiger partial charge in [-0.1, -0.05) is 12.1 Å². The zero-order chi connectivity index (χ0) is 20.2. The molecule has 0 aromatic heterocycles. The van der Waals surface area contributed by atoms with Gasteiger partial charge in [-0.05, 0) is 48.5 Å². The Hall–Kier alpha value is -3.87. The number of fused-ring (bicyclic) bond motifs is 1. The maximum Gasteiger partial charge on any atom is 0.255 e. The van der Waals surface area contributed by atoms with E-state index in [9.17, 15) is 14.0 Å². The number of anilines is 2. The van der Waals surface area contributed by atoms with Gasteiger partial charge in [-0.2, -0.15) is 0 Å². The lowest BCUT2D eigenvalue weighted by Gasteiger charge is -2.19. The molecule has 0 saturated heterocycles. The van der Waals surface area contributed by atoms with Crippen molar-refractivity contribution in [3.63, 3.8) is 0 Å². The van der Waals surface area contributed by atoms with Crippen molar-refractivity contribution in [2.45, 2.75) is 0 Å². The SMILES string of the molecule is O=C(Nc1ccc2c(c1)OCCO2)c1ccc(C(=O)Nc2ccccc2F)cc1. The van der Waals surface area contributed by atoms with Crippen LogP contribution in [0.2, 0.25) is 0 Å². The number of ether oxygens (including phenoxy) is 2. The van der Waals surface area contributed by atoms with E-state index in [0.29, 0.717) is 41.5 Å². The summed E-state index contributed by atoms with van der Waals surface area (Å²) in [7, 11) is 0. The highest BCUT2D eigenvalue weighted by Gasteiger charge is 2.14. The second kappa shape index (κ2) is 8.02. The van der Waals surface area contributed by atoms with Crippen molar-refractivity contribution in [2.75, 3.05) is 23.8 Å². The fourth-order valence-corrected chi connectivity index (χ4v) is 2.85. The molecule has 0 atom stereocenters.